The zero-order valence-corrected chi connectivity index (χ0v) is 27.2. The Labute approximate surface area is 210 Å². The van der Waals surface area contributed by atoms with Gasteiger partial charge in [-0.15, -0.1) is 0 Å². The van der Waals surface area contributed by atoms with Crippen LogP contribution in [0.1, 0.15) is 169 Å². The molecule has 0 bridgehead atoms. The van der Waals surface area contributed by atoms with Crippen molar-refractivity contribution in [1.29, 1.82) is 0 Å². The first-order valence-electron chi connectivity index (χ1n) is 14.2. The van der Waals surface area contributed by atoms with Gasteiger partial charge in [0.1, 0.15) is 0 Å². The second-order valence-corrected chi connectivity index (χ2v) is 7.22. The van der Waals surface area contributed by atoms with E-state index in [9.17, 15) is 0 Å². The summed E-state index contributed by atoms with van der Waals surface area (Å²) in [6, 6.07) is 0. The molecule has 0 amide bonds. The Morgan fingerprint density at radius 1 is 0.312 bits per heavy atom. The lowest BCUT2D eigenvalue weighted by Crippen LogP contribution is -1.98. The van der Waals surface area contributed by atoms with Gasteiger partial charge in [0.05, 0.1) is 0 Å². The molecule has 0 aliphatic rings. The Morgan fingerprint density at radius 2 is 0.406 bits per heavy atom. The summed E-state index contributed by atoms with van der Waals surface area (Å²) in [4.78, 5) is 0. The van der Waals surface area contributed by atoms with Gasteiger partial charge >= 0.3 is 0 Å². The third-order valence-electron chi connectivity index (χ3n) is 4.08. The van der Waals surface area contributed by atoms with E-state index in [0.29, 0.717) is 0 Å². The second-order valence-electron chi connectivity index (χ2n) is 7.22. The molecule has 0 fully saturated rings. The summed E-state index contributed by atoms with van der Waals surface area (Å²) < 4.78 is 0. The molecule has 0 saturated carbocycles. The van der Waals surface area contributed by atoms with E-state index in [-0.39, 0.29) is 0 Å². The van der Waals surface area contributed by atoms with Gasteiger partial charge in [0.2, 0.25) is 0 Å². The Morgan fingerprint density at radius 3 is 0.438 bits per heavy atom. The summed E-state index contributed by atoms with van der Waals surface area (Å²) in [6.07, 6.45) is 7.83. The van der Waals surface area contributed by atoms with Crippen LogP contribution in [0.4, 0.5) is 0 Å². The molecule has 0 heteroatoms. The number of benzene rings is 1. The van der Waals surface area contributed by atoms with E-state index >= 15 is 0 Å². The molecule has 1 rings (SSSR count). The van der Waals surface area contributed by atoms with E-state index in [1.54, 1.807) is 0 Å². The van der Waals surface area contributed by atoms with Gasteiger partial charge in [-0.1, -0.05) is 135 Å². The molecule has 32 heavy (non-hydrogen) atoms. The van der Waals surface area contributed by atoms with Crippen LogP contribution in [0.3, 0.4) is 0 Å². The van der Waals surface area contributed by atoms with Crippen molar-refractivity contribution in [2.45, 2.75) is 177 Å². The van der Waals surface area contributed by atoms with Crippen LogP contribution in [0.25, 0.3) is 0 Å². The van der Waals surface area contributed by atoms with Gasteiger partial charge in [-0.25, -0.2) is 0 Å². The van der Waals surface area contributed by atoms with Gasteiger partial charge in [0, 0.05) is 0 Å². The fraction of sp³-hybridized carbons (Fsp3) is 0.812. The van der Waals surface area contributed by atoms with Crippen molar-refractivity contribution in [3.8, 4) is 0 Å². The van der Waals surface area contributed by atoms with Crippen LogP contribution < -0.4 is 0 Å². The summed E-state index contributed by atoms with van der Waals surface area (Å²) in [5.41, 5.74) is 8.73. The van der Waals surface area contributed by atoms with Crippen molar-refractivity contribution in [2.24, 2.45) is 0 Å². The zero-order valence-electron chi connectivity index (χ0n) is 27.2. The number of hydrogen-bond donors (Lipinski definition) is 0. The third-order valence-corrected chi connectivity index (χ3v) is 4.08. The maximum Gasteiger partial charge on any atom is -0.0392 e. The summed E-state index contributed by atoms with van der Waals surface area (Å²) >= 11 is 0. The Kier molecular flexibility index (Phi) is 72.7. The summed E-state index contributed by atoms with van der Waals surface area (Å²) in [6.45, 7) is 42.4. The molecule has 0 radical (unpaired) electrons. The van der Waals surface area contributed by atoms with Gasteiger partial charge < -0.3 is 0 Å². The highest BCUT2D eigenvalue weighted by molar-refractivity contribution is 5.48. The van der Waals surface area contributed by atoms with Crippen LogP contribution >= 0.6 is 0 Å². The first kappa shape index (κ1) is 48.6. The normalized spacial score (nSPS) is 7.50. The molecule has 1 aromatic rings. The molecule has 200 valence electrons. The van der Waals surface area contributed by atoms with Crippen molar-refractivity contribution < 1.29 is 0 Å². The second kappa shape index (κ2) is 47.9. The quantitative estimate of drug-likeness (QED) is 0.415. The van der Waals surface area contributed by atoms with Crippen molar-refractivity contribution >= 4 is 0 Å². The average molecular weight is 457 g/mol. The summed E-state index contributed by atoms with van der Waals surface area (Å²) in [7, 11) is 0. The van der Waals surface area contributed by atoms with Gasteiger partial charge in [-0.3, -0.25) is 0 Å². The highest BCUT2D eigenvalue weighted by Crippen LogP contribution is 2.24. The van der Waals surface area contributed by atoms with E-state index in [0.717, 1.165) is 0 Å². The largest absolute Gasteiger partial charge is 0.0683 e. The van der Waals surface area contributed by atoms with Crippen LogP contribution in [0.15, 0.2) is 0 Å². The topological polar surface area (TPSA) is 0 Å². The minimum atomic E-state index is 1.25. The number of hydrogen-bond acceptors (Lipinski definition) is 0. The standard InChI is InChI=1S/C12H18.C5H12.3C3H8.3C2H6/c1-7-8(2)10(4)12(6)11(5)9(7)3;1-3-5-4-2;3*1-3-2;3*1-2/h1-6H3;3-5H2,1-2H3;3*3H2,1-2H3;3*1-2H3. The third kappa shape index (κ3) is 36.6. The monoisotopic (exact) mass is 457 g/mol. The molecule has 0 N–H and O–H groups in total. The molecule has 0 unspecified atom stereocenters. The molecule has 0 atom stereocenters. The highest BCUT2D eigenvalue weighted by Gasteiger charge is 2.07. The smallest absolute Gasteiger partial charge is 0.0392 e. The van der Waals surface area contributed by atoms with E-state index < -0.39 is 0 Å². The number of unbranched alkanes of at least 4 members (excludes halogenated alkanes) is 2. The van der Waals surface area contributed by atoms with E-state index in [1.807, 2.05) is 41.5 Å². The average Bonchev–Trinajstić information content (AvgIpc) is 2.82. The molecular weight excluding hydrogens is 384 g/mol. The van der Waals surface area contributed by atoms with E-state index in [4.69, 9.17) is 0 Å². The zero-order chi connectivity index (χ0) is 27.7. The summed E-state index contributed by atoms with van der Waals surface area (Å²) in [5.74, 6) is 0. The molecule has 0 aliphatic heterocycles. The van der Waals surface area contributed by atoms with Crippen LogP contribution in [-0.4, -0.2) is 0 Å². The van der Waals surface area contributed by atoms with Gasteiger partial charge in [-0.05, 0) is 74.9 Å². The van der Waals surface area contributed by atoms with E-state index in [2.05, 4.69) is 96.9 Å². The molecule has 0 spiro atoms. The minimum Gasteiger partial charge on any atom is -0.0683 e. The first-order chi connectivity index (χ1) is 15.1. The molecule has 0 saturated heterocycles. The Hall–Kier alpha value is -0.780. The Bertz CT molecular complexity index is 287. The first-order valence-corrected chi connectivity index (χ1v) is 14.2. The maximum atomic E-state index is 2.21. The van der Waals surface area contributed by atoms with Crippen LogP contribution in [0.2, 0.25) is 0 Å². The molecular formula is C32H72. The van der Waals surface area contributed by atoms with E-state index in [1.165, 1.54) is 71.9 Å². The SMILES string of the molecule is CC.CC.CC.CCC.CCC.CCC.CCCCC.Cc1c(C)c(C)c(C)c(C)c1C. The number of rotatable bonds is 2. The van der Waals surface area contributed by atoms with Crippen molar-refractivity contribution in [2.75, 3.05) is 0 Å². The lowest BCUT2D eigenvalue weighted by molar-refractivity contribution is 0.772. The van der Waals surface area contributed by atoms with Gasteiger partial charge in [-0.2, -0.15) is 0 Å². The minimum absolute atomic E-state index is 1.25. The van der Waals surface area contributed by atoms with Crippen LogP contribution in [-0.2, 0) is 0 Å². The predicted molar refractivity (Wildman–Crippen MR) is 162 cm³/mol. The fourth-order valence-corrected chi connectivity index (χ4v) is 2.04. The summed E-state index contributed by atoms with van der Waals surface area (Å²) in [5, 5.41) is 0. The maximum absolute atomic E-state index is 2.21. The van der Waals surface area contributed by atoms with Gasteiger partial charge in [0.15, 0.2) is 0 Å². The molecule has 0 heterocycles. The molecule has 0 nitrogen and oxygen atoms in total. The van der Waals surface area contributed by atoms with Crippen LogP contribution in [0, 0.1) is 41.5 Å². The Balaban J connectivity index is -0.0000000528. The molecule has 0 aromatic heterocycles. The van der Waals surface area contributed by atoms with Crippen molar-refractivity contribution in [3.63, 3.8) is 0 Å². The van der Waals surface area contributed by atoms with Crippen molar-refractivity contribution in [3.05, 3.63) is 33.4 Å². The van der Waals surface area contributed by atoms with Gasteiger partial charge in [0.25, 0.3) is 0 Å². The van der Waals surface area contributed by atoms with Crippen LogP contribution in [0.5, 0.6) is 0 Å². The fourth-order valence-electron chi connectivity index (χ4n) is 2.04. The molecule has 1 aromatic carbocycles. The lowest BCUT2D eigenvalue weighted by Gasteiger charge is -2.15. The van der Waals surface area contributed by atoms with Crippen molar-refractivity contribution in [1.82, 2.24) is 0 Å². The predicted octanol–water partition coefficient (Wildman–Crippen LogP) is 13.1. The molecule has 0 aliphatic carbocycles. The lowest BCUT2D eigenvalue weighted by atomic mass is 9.90. The highest BCUT2D eigenvalue weighted by atomic mass is 14.1.